The Kier molecular flexibility index (Phi) is 6.14. The summed E-state index contributed by atoms with van der Waals surface area (Å²) in [5.41, 5.74) is -0.0719. The average molecular weight is 256 g/mol. The SMILES string of the molecule is CCS(=O)(=O)CCCN(C)C(C)(C)CCl. The molecule has 0 unspecified atom stereocenters. The third-order valence-corrected chi connectivity index (χ3v) is 5.19. The van der Waals surface area contributed by atoms with Crippen LogP contribution in [0.2, 0.25) is 0 Å². The summed E-state index contributed by atoms with van der Waals surface area (Å²) in [6.07, 6.45) is 0.674. The fraction of sp³-hybridized carbons (Fsp3) is 1.00. The van der Waals surface area contributed by atoms with E-state index in [2.05, 4.69) is 4.90 Å². The molecule has 0 aliphatic heterocycles. The molecule has 0 aliphatic carbocycles. The van der Waals surface area contributed by atoms with Crippen LogP contribution in [0, 0.1) is 0 Å². The van der Waals surface area contributed by atoms with Gasteiger partial charge in [-0.1, -0.05) is 6.92 Å². The molecular formula is C10H22ClNO2S. The number of hydrogen-bond acceptors (Lipinski definition) is 3. The third-order valence-electron chi connectivity index (χ3n) is 2.75. The van der Waals surface area contributed by atoms with Crippen LogP contribution in [-0.2, 0) is 9.84 Å². The van der Waals surface area contributed by atoms with Crippen molar-refractivity contribution in [2.24, 2.45) is 0 Å². The largest absolute Gasteiger partial charge is 0.300 e. The Morgan fingerprint density at radius 3 is 2.27 bits per heavy atom. The molecule has 0 spiro atoms. The van der Waals surface area contributed by atoms with E-state index in [1.807, 2.05) is 20.9 Å². The quantitative estimate of drug-likeness (QED) is 0.651. The third kappa shape index (κ3) is 5.73. The molecule has 0 saturated carbocycles. The zero-order chi connectivity index (χ0) is 12.1. The van der Waals surface area contributed by atoms with Gasteiger partial charge in [-0.25, -0.2) is 8.42 Å². The molecule has 0 bridgehead atoms. The highest BCUT2D eigenvalue weighted by Crippen LogP contribution is 2.14. The molecule has 3 nitrogen and oxygen atoms in total. The van der Waals surface area contributed by atoms with Crippen molar-refractivity contribution in [1.82, 2.24) is 4.90 Å². The van der Waals surface area contributed by atoms with Crippen molar-refractivity contribution in [3.05, 3.63) is 0 Å². The number of halogens is 1. The van der Waals surface area contributed by atoms with E-state index in [0.29, 0.717) is 12.3 Å². The second kappa shape index (κ2) is 6.06. The highest BCUT2D eigenvalue weighted by atomic mass is 35.5. The molecule has 0 aromatic carbocycles. The summed E-state index contributed by atoms with van der Waals surface area (Å²) in [6, 6.07) is 0. The highest BCUT2D eigenvalue weighted by Gasteiger charge is 2.22. The van der Waals surface area contributed by atoms with Gasteiger partial charge in [0, 0.05) is 17.2 Å². The molecule has 0 amide bonds. The van der Waals surface area contributed by atoms with E-state index in [0.717, 1.165) is 6.54 Å². The van der Waals surface area contributed by atoms with Crippen LogP contribution in [0.4, 0.5) is 0 Å². The first-order chi connectivity index (χ1) is 6.75. The van der Waals surface area contributed by atoms with Crippen LogP contribution in [0.3, 0.4) is 0 Å². The van der Waals surface area contributed by atoms with Crippen LogP contribution in [0.25, 0.3) is 0 Å². The molecule has 0 rings (SSSR count). The standard InChI is InChI=1S/C10H22ClNO2S/c1-5-15(13,14)8-6-7-12(4)10(2,3)9-11/h5-9H2,1-4H3. The topological polar surface area (TPSA) is 37.4 Å². The second-order valence-corrected chi connectivity index (χ2v) is 7.20. The van der Waals surface area contributed by atoms with E-state index >= 15 is 0 Å². The van der Waals surface area contributed by atoms with Crippen molar-refractivity contribution in [1.29, 1.82) is 0 Å². The van der Waals surface area contributed by atoms with Crippen molar-refractivity contribution in [2.45, 2.75) is 32.7 Å². The molecule has 0 aliphatic rings. The lowest BCUT2D eigenvalue weighted by atomic mass is 10.1. The molecule has 0 radical (unpaired) electrons. The first kappa shape index (κ1) is 15.2. The van der Waals surface area contributed by atoms with Gasteiger partial charge in [0.05, 0.1) is 5.75 Å². The van der Waals surface area contributed by atoms with Crippen LogP contribution >= 0.6 is 11.6 Å². The van der Waals surface area contributed by atoms with Gasteiger partial charge in [-0.3, -0.25) is 0 Å². The summed E-state index contributed by atoms with van der Waals surface area (Å²) in [5, 5.41) is 0. The van der Waals surface area contributed by atoms with Crippen molar-refractivity contribution in [3.63, 3.8) is 0 Å². The number of sulfone groups is 1. The summed E-state index contributed by atoms with van der Waals surface area (Å²) >= 11 is 5.82. The zero-order valence-corrected chi connectivity index (χ0v) is 11.7. The van der Waals surface area contributed by atoms with Gasteiger partial charge in [-0.15, -0.1) is 11.6 Å². The van der Waals surface area contributed by atoms with Gasteiger partial charge in [0.15, 0.2) is 0 Å². The first-order valence-corrected chi connectivity index (χ1v) is 7.58. The smallest absolute Gasteiger partial charge is 0.150 e. The van der Waals surface area contributed by atoms with E-state index in [1.165, 1.54) is 0 Å². The van der Waals surface area contributed by atoms with Gasteiger partial charge in [0.2, 0.25) is 0 Å². The number of rotatable bonds is 7. The Balaban J connectivity index is 3.98. The predicted octanol–water partition coefficient (Wildman–Crippen LogP) is 1.76. The minimum Gasteiger partial charge on any atom is -0.300 e. The summed E-state index contributed by atoms with van der Waals surface area (Å²) in [4.78, 5) is 2.10. The number of alkyl halides is 1. The Hall–Kier alpha value is 0.200. The van der Waals surface area contributed by atoms with E-state index in [-0.39, 0.29) is 17.0 Å². The minimum atomic E-state index is -2.83. The molecule has 0 aromatic rings. The van der Waals surface area contributed by atoms with Crippen LogP contribution in [0.5, 0.6) is 0 Å². The van der Waals surface area contributed by atoms with Gasteiger partial charge in [0.1, 0.15) is 9.84 Å². The number of hydrogen-bond donors (Lipinski definition) is 0. The summed E-state index contributed by atoms with van der Waals surface area (Å²) in [7, 11) is -0.854. The van der Waals surface area contributed by atoms with Crippen molar-refractivity contribution in [3.8, 4) is 0 Å². The second-order valence-electron chi connectivity index (χ2n) is 4.46. The zero-order valence-electron chi connectivity index (χ0n) is 10.1. The van der Waals surface area contributed by atoms with Crippen molar-refractivity contribution >= 4 is 21.4 Å². The first-order valence-electron chi connectivity index (χ1n) is 5.23. The minimum absolute atomic E-state index is 0.0719. The van der Waals surface area contributed by atoms with Gasteiger partial charge in [0.25, 0.3) is 0 Å². The van der Waals surface area contributed by atoms with Crippen LogP contribution in [0.15, 0.2) is 0 Å². The molecule has 5 heteroatoms. The number of nitrogens with zero attached hydrogens (tertiary/aromatic N) is 1. The van der Waals surface area contributed by atoms with Gasteiger partial charge >= 0.3 is 0 Å². The molecule has 15 heavy (non-hydrogen) atoms. The fourth-order valence-electron chi connectivity index (χ4n) is 1.07. The molecule has 0 fully saturated rings. The predicted molar refractivity (Wildman–Crippen MR) is 66.4 cm³/mol. The fourth-order valence-corrected chi connectivity index (χ4v) is 2.13. The van der Waals surface area contributed by atoms with Gasteiger partial charge in [-0.2, -0.15) is 0 Å². The van der Waals surface area contributed by atoms with E-state index in [1.54, 1.807) is 6.92 Å². The summed E-state index contributed by atoms with van der Waals surface area (Å²) in [5.74, 6) is 1.05. The lowest BCUT2D eigenvalue weighted by Gasteiger charge is -2.33. The van der Waals surface area contributed by atoms with Crippen LogP contribution < -0.4 is 0 Å². The van der Waals surface area contributed by atoms with Crippen LogP contribution in [-0.4, -0.2) is 49.8 Å². The summed E-state index contributed by atoms with van der Waals surface area (Å²) in [6.45, 7) is 6.54. The Labute approximate surface area is 98.7 Å². The maximum absolute atomic E-state index is 11.3. The lowest BCUT2D eigenvalue weighted by Crippen LogP contribution is -2.43. The molecule has 0 N–H and O–H groups in total. The average Bonchev–Trinajstić information content (AvgIpc) is 2.17. The monoisotopic (exact) mass is 255 g/mol. The van der Waals surface area contributed by atoms with Crippen LogP contribution in [0.1, 0.15) is 27.2 Å². The molecule has 0 saturated heterocycles. The maximum atomic E-state index is 11.3. The van der Waals surface area contributed by atoms with Gasteiger partial charge < -0.3 is 4.90 Å². The van der Waals surface area contributed by atoms with E-state index in [9.17, 15) is 8.42 Å². The molecule has 0 aromatic heterocycles. The molecule has 0 heterocycles. The normalized spacial score (nSPS) is 13.5. The lowest BCUT2D eigenvalue weighted by molar-refractivity contribution is 0.180. The van der Waals surface area contributed by atoms with Gasteiger partial charge in [-0.05, 0) is 33.9 Å². The van der Waals surface area contributed by atoms with E-state index in [4.69, 9.17) is 11.6 Å². The maximum Gasteiger partial charge on any atom is 0.150 e. The Morgan fingerprint density at radius 2 is 1.87 bits per heavy atom. The van der Waals surface area contributed by atoms with Crippen molar-refractivity contribution in [2.75, 3.05) is 31.0 Å². The van der Waals surface area contributed by atoms with E-state index < -0.39 is 9.84 Å². The Morgan fingerprint density at radius 1 is 1.33 bits per heavy atom. The summed E-state index contributed by atoms with van der Waals surface area (Å²) < 4.78 is 22.5. The van der Waals surface area contributed by atoms with Crippen molar-refractivity contribution < 1.29 is 8.42 Å². The Bertz CT molecular complexity index is 275. The molecular weight excluding hydrogens is 234 g/mol. The highest BCUT2D eigenvalue weighted by molar-refractivity contribution is 7.91. The molecule has 92 valence electrons. The molecule has 0 atom stereocenters.